The lowest BCUT2D eigenvalue weighted by atomic mass is 10.0. The SMILES string of the molecule is CNC(=O)C(Cc1ccccc1)N(Cc1c(Cl)cccc1Cl)C(=O)CN(c1cc(OC)ccc1OC)S(=O)(=O)c1ccc(OC)c(OC)c1. The van der Waals surface area contributed by atoms with Crippen molar-refractivity contribution in [3.63, 3.8) is 0 Å². The fraction of sp³-hybridized carbons (Fsp3) is 0.257. The van der Waals surface area contributed by atoms with Gasteiger partial charge in [0.25, 0.3) is 10.0 Å². The number of methoxy groups -OCH3 is 4. The number of amides is 2. The molecule has 0 aliphatic rings. The molecule has 0 aromatic heterocycles. The van der Waals surface area contributed by atoms with Crippen LogP contribution in [0.4, 0.5) is 5.69 Å². The summed E-state index contributed by atoms with van der Waals surface area (Å²) >= 11 is 13.1. The van der Waals surface area contributed by atoms with Crippen LogP contribution in [-0.4, -0.2) is 73.2 Å². The van der Waals surface area contributed by atoms with Gasteiger partial charge in [0.2, 0.25) is 11.8 Å². The average molecular weight is 731 g/mol. The molecule has 1 unspecified atom stereocenters. The average Bonchev–Trinajstić information content (AvgIpc) is 3.12. The van der Waals surface area contributed by atoms with Crippen molar-refractivity contribution in [2.75, 3.05) is 46.3 Å². The van der Waals surface area contributed by atoms with Crippen molar-refractivity contribution < 1.29 is 37.0 Å². The summed E-state index contributed by atoms with van der Waals surface area (Å²) in [4.78, 5) is 29.3. The number of nitrogens with zero attached hydrogens (tertiary/aromatic N) is 2. The second kappa shape index (κ2) is 16.6. The van der Waals surface area contributed by atoms with Crippen LogP contribution in [0.1, 0.15) is 11.1 Å². The summed E-state index contributed by atoms with van der Waals surface area (Å²) in [5.41, 5.74) is 1.16. The highest BCUT2D eigenvalue weighted by atomic mass is 35.5. The van der Waals surface area contributed by atoms with E-state index < -0.39 is 34.4 Å². The summed E-state index contributed by atoms with van der Waals surface area (Å²) in [6.07, 6.45) is 0.110. The van der Waals surface area contributed by atoms with Gasteiger partial charge in [-0.25, -0.2) is 8.42 Å². The third kappa shape index (κ3) is 8.51. The maximum absolute atomic E-state index is 14.7. The van der Waals surface area contributed by atoms with Gasteiger partial charge >= 0.3 is 0 Å². The van der Waals surface area contributed by atoms with E-state index in [1.807, 2.05) is 30.3 Å². The Labute approximate surface area is 296 Å². The normalized spacial score (nSPS) is 11.7. The minimum atomic E-state index is -4.54. The minimum Gasteiger partial charge on any atom is -0.497 e. The molecule has 0 bridgehead atoms. The maximum atomic E-state index is 14.7. The molecule has 2 amide bonds. The Morgan fingerprint density at radius 3 is 2.00 bits per heavy atom. The monoisotopic (exact) mass is 729 g/mol. The van der Waals surface area contributed by atoms with Crippen molar-refractivity contribution in [2.24, 2.45) is 0 Å². The predicted octanol–water partition coefficient (Wildman–Crippen LogP) is 5.61. The Balaban J connectivity index is 1.91. The fourth-order valence-electron chi connectivity index (χ4n) is 5.18. The number of halogens is 2. The Morgan fingerprint density at radius 1 is 0.776 bits per heavy atom. The van der Waals surface area contributed by atoms with Crippen molar-refractivity contribution >= 4 is 50.7 Å². The molecule has 1 atom stereocenters. The van der Waals surface area contributed by atoms with Gasteiger partial charge in [-0.05, 0) is 42.0 Å². The molecule has 0 heterocycles. The van der Waals surface area contributed by atoms with E-state index in [0.29, 0.717) is 17.1 Å². The zero-order chi connectivity index (χ0) is 35.7. The van der Waals surface area contributed by atoms with E-state index in [-0.39, 0.29) is 45.1 Å². The third-order valence-corrected chi connectivity index (χ3v) is 10.2. The molecule has 0 aliphatic carbocycles. The van der Waals surface area contributed by atoms with Crippen LogP contribution in [0.2, 0.25) is 10.0 Å². The lowest BCUT2D eigenvalue weighted by Gasteiger charge is -2.34. The molecule has 1 N–H and O–H groups in total. The van der Waals surface area contributed by atoms with E-state index >= 15 is 0 Å². The number of hydrogen-bond acceptors (Lipinski definition) is 8. The van der Waals surface area contributed by atoms with Crippen LogP contribution in [0, 0.1) is 0 Å². The maximum Gasteiger partial charge on any atom is 0.265 e. The van der Waals surface area contributed by atoms with Crippen LogP contribution in [0.15, 0.2) is 89.8 Å². The lowest BCUT2D eigenvalue weighted by Crippen LogP contribution is -2.53. The van der Waals surface area contributed by atoms with Crippen molar-refractivity contribution in [3.05, 3.63) is 106 Å². The van der Waals surface area contributed by atoms with Gasteiger partial charge in [0.05, 0.1) is 39.0 Å². The van der Waals surface area contributed by atoms with Gasteiger partial charge < -0.3 is 29.2 Å². The molecule has 4 rings (SSSR count). The predicted molar refractivity (Wildman–Crippen MR) is 189 cm³/mol. The van der Waals surface area contributed by atoms with Gasteiger partial charge in [0.15, 0.2) is 11.5 Å². The summed E-state index contributed by atoms with van der Waals surface area (Å²) in [6.45, 7) is -0.966. The number of sulfonamides is 1. The number of likely N-dealkylation sites (N-methyl/N-ethyl adjacent to an activating group) is 1. The molecular weight excluding hydrogens is 693 g/mol. The van der Waals surface area contributed by atoms with Crippen molar-refractivity contribution in [3.8, 4) is 23.0 Å². The molecule has 0 fully saturated rings. The van der Waals surface area contributed by atoms with Gasteiger partial charge in [-0.1, -0.05) is 59.6 Å². The lowest BCUT2D eigenvalue weighted by molar-refractivity contribution is -0.139. The number of anilines is 1. The smallest absolute Gasteiger partial charge is 0.265 e. The van der Waals surface area contributed by atoms with E-state index in [1.165, 1.54) is 70.7 Å². The summed E-state index contributed by atoms with van der Waals surface area (Å²) in [6, 6.07) is 21.6. The van der Waals surface area contributed by atoms with Crippen molar-refractivity contribution in [2.45, 2.75) is 23.9 Å². The van der Waals surface area contributed by atoms with Crippen LogP contribution in [0.5, 0.6) is 23.0 Å². The second-order valence-electron chi connectivity index (χ2n) is 10.6. The highest BCUT2D eigenvalue weighted by Crippen LogP contribution is 2.38. The van der Waals surface area contributed by atoms with Crippen molar-refractivity contribution in [1.29, 1.82) is 0 Å². The van der Waals surface area contributed by atoms with Gasteiger partial charge in [-0.15, -0.1) is 0 Å². The fourth-order valence-corrected chi connectivity index (χ4v) is 7.13. The molecule has 0 saturated heterocycles. The number of rotatable bonds is 15. The van der Waals surface area contributed by atoms with Gasteiger partial charge in [-0.3, -0.25) is 13.9 Å². The van der Waals surface area contributed by atoms with Crippen LogP contribution in [0.3, 0.4) is 0 Å². The molecule has 4 aromatic rings. The van der Waals surface area contributed by atoms with Gasteiger partial charge in [-0.2, -0.15) is 0 Å². The van der Waals surface area contributed by atoms with Crippen LogP contribution >= 0.6 is 23.2 Å². The Hall–Kier alpha value is -4.65. The molecule has 0 saturated carbocycles. The van der Waals surface area contributed by atoms with E-state index in [1.54, 1.807) is 24.3 Å². The van der Waals surface area contributed by atoms with Crippen LogP contribution < -0.4 is 28.6 Å². The molecule has 0 radical (unpaired) electrons. The topological polar surface area (TPSA) is 124 Å². The summed E-state index contributed by atoms with van der Waals surface area (Å²) < 4.78 is 51.7. The first-order valence-electron chi connectivity index (χ1n) is 14.9. The van der Waals surface area contributed by atoms with E-state index in [9.17, 15) is 18.0 Å². The highest BCUT2D eigenvalue weighted by molar-refractivity contribution is 7.92. The zero-order valence-corrected chi connectivity index (χ0v) is 29.9. The molecule has 260 valence electrons. The highest BCUT2D eigenvalue weighted by Gasteiger charge is 2.36. The first-order valence-corrected chi connectivity index (χ1v) is 17.1. The first-order chi connectivity index (χ1) is 23.5. The van der Waals surface area contributed by atoms with Crippen molar-refractivity contribution in [1.82, 2.24) is 10.2 Å². The van der Waals surface area contributed by atoms with Crippen LogP contribution in [-0.2, 0) is 32.6 Å². The Bertz CT molecular complexity index is 1870. The molecule has 49 heavy (non-hydrogen) atoms. The largest absolute Gasteiger partial charge is 0.497 e. The molecule has 4 aromatic carbocycles. The number of benzene rings is 4. The van der Waals surface area contributed by atoms with E-state index in [4.69, 9.17) is 42.1 Å². The molecular formula is C35H37Cl2N3O8S. The van der Waals surface area contributed by atoms with Crippen LogP contribution in [0.25, 0.3) is 0 Å². The molecule has 11 nitrogen and oxygen atoms in total. The van der Waals surface area contributed by atoms with E-state index in [0.717, 1.165) is 9.87 Å². The van der Waals surface area contributed by atoms with E-state index in [2.05, 4.69) is 5.32 Å². The number of carbonyl (C=O) groups is 2. The van der Waals surface area contributed by atoms with Gasteiger partial charge in [0.1, 0.15) is 24.1 Å². The Morgan fingerprint density at radius 2 is 1.41 bits per heavy atom. The molecule has 14 heteroatoms. The number of hydrogen-bond donors (Lipinski definition) is 1. The zero-order valence-electron chi connectivity index (χ0n) is 27.6. The van der Waals surface area contributed by atoms with Gasteiger partial charge in [0, 0.05) is 47.8 Å². The molecule has 0 spiro atoms. The summed E-state index contributed by atoms with van der Waals surface area (Å²) in [5.74, 6) is -0.290. The number of carbonyl (C=O) groups excluding carboxylic acids is 2. The Kier molecular flexibility index (Phi) is 12.6. The number of nitrogens with one attached hydrogen (secondary N) is 1. The summed E-state index contributed by atoms with van der Waals surface area (Å²) in [7, 11) is 2.53. The first kappa shape index (κ1) is 37.2. The quantitative estimate of drug-likeness (QED) is 0.168. The second-order valence-corrected chi connectivity index (χ2v) is 13.3. The standard InChI is InChI=1S/C35H37Cl2N3O8S/c1-38-35(42)30(18-23-10-7-6-8-11-23)39(21-26-27(36)12-9-13-28(26)37)34(41)22-40(29-19-24(45-2)14-16-31(29)46-3)49(43,44)25-15-17-32(47-4)33(20-25)48-5/h6-17,19-20,30H,18,21-22H2,1-5H3,(H,38,42). The summed E-state index contributed by atoms with van der Waals surface area (Å²) in [5, 5.41) is 3.18. The minimum absolute atomic E-state index is 0.0141. The third-order valence-electron chi connectivity index (χ3n) is 7.78. The number of ether oxygens (including phenoxy) is 4. The molecule has 0 aliphatic heterocycles.